The van der Waals surface area contributed by atoms with Gasteiger partial charge in [0.05, 0.1) is 11.5 Å². The van der Waals surface area contributed by atoms with Crippen LogP contribution >= 0.6 is 0 Å². The number of amides is 1. The summed E-state index contributed by atoms with van der Waals surface area (Å²) >= 11 is 0. The zero-order valence-corrected chi connectivity index (χ0v) is 12.8. The van der Waals surface area contributed by atoms with Gasteiger partial charge >= 0.3 is 5.69 Å². The van der Waals surface area contributed by atoms with Gasteiger partial charge in [-0.1, -0.05) is 0 Å². The van der Waals surface area contributed by atoms with Gasteiger partial charge in [0.2, 0.25) is 5.75 Å². The Morgan fingerprint density at radius 2 is 1.92 bits per heavy atom. The lowest BCUT2D eigenvalue weighted by Gasteiger charge is -2.09. The number of nitro benzene ring substituents is 1. The molecule has 0 radical (unpaired) electrons. The zero-order chi connectivity index (χ0) is 17.5. The van der Waals surface area contributed by atoms with Gasteiger partial charge in [-0.3, -0.25) is 14.9 Å². The summed E-state index contributed by atoms with van der Waals surface area (Å²) in [5.74, 6) is -0.857. The van der Waals surface area contributed by atoms with Crippen molar-refractivity contribution in [2.75, 3.05) is 18.5 Å². The van der Waals surface area contributed by atoms with Crippen molar-refractivity contribution in [1.82, 2.24) is 0 Å². The Bertz CT molecular complexity index is 734. The molecule has 0 fully saturated rings. The average Bonchev–Trinajstić information content (AvgIpc) is 2.55. The molecular formula is C16H15FN2O5. The van der Waals surface area contributed by atoms with Crippen LogP contribution in [0.1, 0.15) is 6.92 Å². The van der Waals surface area contributed by atoms with E-state index in [9.17, 15) is 19.3 Å². The molecule has 2 aromatic carbocycles. The molecule has 0 unspecified atom stereocenters. The molecule has 0 aromatic heterocycles. The largest absolute Gasteiger partial charge is 0.494 e. The first-order valence-corrected chi connectivity index (χ1v) is 7.09. The summed E-state index contributed by atoms with van der Waals surface area (Å²) in [5, 5.41) is 13.4. The van der Waals surface area contributed by atoms with Gasteiger partial charge < -0.3 is 14.8 Å². The zero-order valence-electron chi connectivity index (χ0n) is 12.8. The van der Waals surface area contributed by atoms with Crippen LogP contribution in [0.25, 0.3) is 0 Å². The smallest absolute Gasteiger partial charge is 0.311 e. The fourth-order valence-corrected chi connectivity index (χ4v) is 1.90. The summed E-state index contributed by atoms with van der Waals surface area (Å²) in [4.78, 5) is 22.0. The van der Waals surface area contributed by atoms with E-state index >= 15 is 0 Å². The number of rotatable bonds is 7. The molecule has 0 bridgehead atoms. The number of ether oxygens (including phenoxy) is 2. The molecule has 0 aliphatic rings. The van der Waals surface area contributed by atoms with E-state index < -0.39 is 28.9 Å². The van der Waals surface area contributed by atoms with Crippen LogP contribution in [0.3, 0.4) is 0 Å². The van der Waals surface area contributed by atoms with Gasteiger partial charge in [-0.15, -0.1) is 0 Å². The normalized spacial score (nSPS) is 10.1. The van der Waals surface area contributed by atoms with Gasteiger partial charge in [0.1, 0.15) is 11.6 Å². The van der Waals surface area contributed by atoms with Gasteiger partial charge in [0.25, 0.3) is 5.91 Å². The highest BCUT2D eigenvalue weighted by atomic mass is 19.1. The minimum atomic E-state index is -0.709. The number of nitrogens with zero attached hydrogens (tertiary/aromatic N) is 1. The van der Waals surface area contributed by atoms with Gasteiger partial charge in [-0.25, -0.2) is 4.39 Å². The monoisotopic (exact) mass is 334 g/mol. The van der Waals surface area contributed by atoms with E-state index in [-0.39, 0.29) is 5.75 Å². The van der Waals surface area contributed by atoms with Crippen molar-refractivity contribution in [2.24, 2.45) is 0 Å². The second-order valence-corrected chi connectivity index (χ2v) is 4.66. The number of benzene rings is 2. The highest BCUT2D eigenvalue weighted by Gasteiger charge is 2.17. The fraction of sp³-hybridized carbons (Fsp3) is 0.188. The molecule has 0 saturated carbocycles. The third kappa shape index (κ3) is 4.67. The fourth-order valence-electron chi connectivity index (χ4n) is 1.90. The molecule has 0 heterocycles. The molecule has 0 atom stereocenters. The van der Waals surface area contributed by atoms with Crippen LogP contribution in [-0.2, 0) is 4.79 Å². The summed E-state index contributed by atoms with van der Waals surface area (Å²) in [5.41, 5.74) is 0.103. The van der Waals surface area contributed by atoms with Crippen LogP contribution in [0.5, 0.6) is 11.5 Å². The highest BCUT2D eigenvalue weighted by molar-refractivity contribution is 5.91. The van der Waals surface area contributed by atoms with Crippen molar-refractivity contribution in [2.45, 2.75) is 6.92 Å². The Hall–Kier alpha value is -3.16. The lowest BCUT2D eigenvalue weighted by Crippen LogP contribution is -2.20. The van der Waals surface area contributed by atoms with Crippen LogP contribution in [0.15, 0.2) is 42.5 Å². The number of hydrogen-bond acceptors (Lipinski definition) is 5. The second-order valence-electron chi connectivity index (χ2n) is 4.66. The maximum Gasteiger partial charge on any atom is 0.311 e. The molecule has 2 rings (SSSR count). The van der Waals surface area contributed by atoms with E-state index in [2.05, 4.69) is 5.32 Å². The van der Waals surface area contributed by atoms with Crippen molar-refractivity contribution in [3.05, 3.63) is 58.4 Å². The van der Waals surface area contributed by atoms with E-state index in [0.29, 0.717) is 18.0 Å². The van der Waals surface area contributed by atoms with Crippen LogP contribution in [0.4, 0.5) is 15.8 Å². The maximum absolute atomic E-state index is 13.2. The summed E-state index contributed by atoms with van der Waals surface area (Å²) in [7, 11) is 0. The summed E-state index contributed by atoms with van der Waals surface area (Å²) in [6.07, 6.45) is 0. The number of anilines is 1. The lowest BCUT2D eigenvalue weighted by molar-refractivity contribution is -0.385. The molecule has 0 aliphatic carbocycles. The Labute approximate surface area is 137 Å². The SMILES string of the molecule is CCOc1ccc(NC(=O)COc2cc(F)ccc2[N+](=O)[O-])cc1. The van der Waals surface area contributed by atoms with E-state index in [1.807, 2.05) is 6.92 Å². The first-order chi connectivity index (χ1) is 11.5. The van der Waals surface area contributed by atoms with Crippen molar-refractivity contribution in [3.63, 3.8) is 0 Å². The maximum atomic E-state index is 13.2. The molecule has 0 saturated heterocycles. The van der Waals surface area contributed by atoms with E-state index in [1.54, 1.807) is 24.3 Å². The molecule has 126 valence electrons. The van der Waals surface area contributed by atoms with Crippen molar-refractivity contribution in [3.8, 4) is 11.5 Å². The molecule has 0 spiro atoms. The summed E-state index contributed by atoms with van der Waals surface area (Å²) < 4.78 is 23.5. The first-order valence-electron chi connectivity index (χ1n) is 7.09. The van der Waals surface area contributed by atoms with E-state index in [1.165, 1.54) is 0 Å². The van der Waals surface area contributed by atoms with Crippen molar-refractivity contribution < 1.29 is 23.6 Å². The molecule has 8 heteroatoms. The number of carbonyl (C=O) groups excluding carboxylic acids is 1. The third-order valence-corrected chi connectivity index (χ3v) is 2.93. The minimum Gasteiger partial charge on any atom is -0.494 e. The Kier molecular flexibility index (Phi) is 5.67. The van der Waals surface area contributed by atoms with Crippen LogP contribution in [-0.4, -0.2) is 24.0 Å². The number of halogens is 1. The Morgan fingerprint density at radius 3 is 2.54 bits per heavy atom. The number of carbonyl (C=O) groups is 1. The van der Waals surface area contributed by atoms with Crippen LogP contribution in [0.2, 0.25) is 0 Å². The number of nitro groups is 1. The third-order valence-electron chi connectivity index (χ3n) is 2.93. The molecule has 24 heavy (non-hydrogen) atoms. The Morgan fingerprint density at radius 1 is 1.21 bits per heavy atom. The van der Waals surface area contributed by atoms with Crippen LogP contribution in [0, 0.1) is 15.9 Å². The predicted molar refractivity (Wildman–Crippen MR) is 84.8 cm³/mol. The first kappa shape index (κ1) is 17.2. The quantitative estimate of drug-likeness (QED) is 0.620. The minimum absolute atomic E-state index is 0.304. The van der Waals surface area contributed by atoms with Crippen molar-refractivity contribution in [1.29, 1.82) is 0 Å². The predicted octanol–water partition coefficient (Wildman–Crippen LogP) is 3.15. The van der Waals surface area contributed by atoms with Gasteiger partial charge in [-0.05, 0) is 37.3 Å². The topological polar surface area (TPSA) is 90.7 Å². The molecule has 1 N–H and O–H groups in total. The second kappa shape index (κ2) is 7.91. The summed E-state index contributed by atoms with van der Waals surface area (Å²) in [6.45, 7) is 1.90. The highest BCUT2D eigenvalue weighted by Crippen LogP contribution is 2.27. The number of hydrogen-bond donors (Lipinski definition) is 1. The van der Waals surface area contributed by atoms with Crippen molar-refractivity contribution >= 4 is 17.3 Å². The molecule has 2 aromatic rings. The van der Waals surface area contributed by atoms with E-state index in [4.69, 9.17) is 9.47 Å². The molecule has 0 aliphatic heterocycles. The average molecular weight is 334 g/mol. The lowest BCUT2D eigenvalue weighted by atomic mass is 10.3. The molecule has 7 nitrogen and oxygen atoms in total. The standard InChI is InChI=1S/C16H15FN2O5/c1-2-23-13-6-4-12(5-7-13)18-16(20)10-24-15-9-11(17)3-8-14(15)19(21)22/h3-9H,2,10H2,1H3,(H,18,20). The Balaban J connectivity index is 1.96. The number of nitrogens with one attached hydrogen (secondary N) is 1. The van der Waals surface area contributed by atoms with Gasteiger partial charge in [0, 0.05) is 17.8 Å². The van der Waals surface area contributed by atoms with Crippen LogP contribution < -0.4 is 14.8 Å². The molecule has 1 amide bonds. The summed E-state index contributed by atoms with van der Waals surface area (Å²) in [6, 6.07) is 9.47. The van der Waals surface area contributed by atoms with Gasteiger partial charge in [0.15, 0.2) is 6.61 Å². The van der Waals surface area contributed by atoms with E-state index in [0.717, 1.165) is 18.2 Å². The van der Waals surface area contributed by atoms with Gasteiger partial charge in [-0.2, -0.15) is 0 Å². The molecular weight excluding hydrogens is 319 g/mol.